The molecule has 4 nitrogen and oxygen atoms in total. The molecule has 1 amide bonds. The molecule has 22 heavy (non-hydrogen) atoms. The van der Waals surface area contributed by atoms with Gasteiger partial charge in [-0.15, -0.1) is 0 Å². The first-order valence-electron chi connectivity index (χ1n) is 7.83. The van der Waals surface area contributed by atoms with Crippen molar-refractivity contribution in [2.24, 2.45) is 5.41 Å². The third-order valence-corrected chi connectivity index (χ3v) is 5.50. The molecule has 2 heterocycles. The first-order chi connectivity index (χ1) is 10.6. The fraction of sp³-hybridized carbons (Fsp3) is 0.588. The smallest absolute Gasteiger partial charge is 0.254 e. The van der Waals surface area contributed by atoms with E-state index in [2.05, 4.69) is 6.92 Å². The minimum absolute atomic E-state index is 0.0603. The van der Waals surface area contributed by atoms with E-state index in [1.807, 2.05) is 4.90 Å². The predicted octanol–water partition coefficient (Wildman–Crippen LogP) is 2.60. The summed E-state index contributed by atoms with van der Waals surface area (Å²) in [6.07, 6.45) is 3.58. The van der Waals surface area contributed by atoms with Gasteiger partial charge in [-0.1, -0.05) is 6.92 Å². The minimum atomic E-state index is -0.524. The van der Waals surface area contributed by atoms with Gasteiger partial charge in [0.2, 0.25) is 0 Å². The number of carbonyl (C=O) groups excluding carboxylic acids is 1. The van der Waals surface area contributed by atoms with Gasteiger partial charge < -0.3 is 14.7 Å². The van der Waals surface area contributed by atoms with Crippen LogP contribution in [-0.4, -0.2) is 41.7 Å². The lowest BCUT2D eigenvalue weighted by atomic mass is 9.72. The molecule has 0 radical (unpaired) electrons. The monoisotopic (exact) mass is 307 g/mol. The molecular formula is C17H22FNO3. The number of aliphatic hydroxyl groups is 1. The van der Waals surface area contributed by atoms with E-state index in [1.165, 1.54) is 19.2 Å². The summed E-state index contributed by atoms with van der Waals surface area (Å²) >= 11 is 0. The zero-order valence-electron chi connectivity index (χ0n) is 13.0. The number of halogens is 1. The van der Waals surface area contributed by atoms with Crippen molar-refractivity contribution in [3.8, 4) is 5.75 Å². The fourth-order valence-corrected chi connectivity index (χ4v) is 4.21. The van der Waals surface area contributed by atoms with E-state index in [4.69, 9.17) is 4.74 Å². The molecule has 3 rings (SSSR count). The van der Waals surface area contributed by atoms with Crippen LogP contribution in [0.4, 0.5) is 4.39 Å². The molecule has 2 fully saturated rings. The number of hydrogen-bond acceptors (Lipinski definition) is 3. The van der Waals surface area contributed by atoms with Crippen molar-refractivity contribution in [3.05, 3.63) is 29.6 Å². The number of rotatable bonds is 4. The van der Waals surface area contributed by atoms with Crippen molar-refractivity contribution in [2.45, 2.75) is 44.7 Å². The molecule has 0 aliphatic carbocycles. The second-order valence-corrected chi connectivity index (χ2v) is 6.39. The van der Waals surface area contributed by atoms with E-state index < -0.39 is 5.82 Å². The summed E-state index contributed by atoms with van der Waals surface area (Å²) in [5.74, 6) is -0.527. The molecule has 2 aliphatic heterocycles. The van der Waals surface area contributed by atoms with E-state index in [0.717, 1.165) is 25.7 Å². The molecule has 0 saturated carbocycles. The van der Waals surface area contributed by atoms with Gasteiger partial charge in [0.15, 0.2) is 11.6 Å². The third-order valence-electron chi connectivity index (χ3n) is 5.50. The van der Waals surface area contributed by atoms with Gasteiger partial charge in [-0.2, -0.15) is 0 Å². The van der Waals surface area contributed by atoms with Crippen LogP contribution in [0.1, 0.15) is 43.0 Å². The Hall–Kier alpha value is -1.62. The molecule has 1 aromatic rings. The molecule has 3 atom stereocenters. The second-order valence-electron chi connectivity index (χ2n) is 6.39. The van der Waals surface area contributed by atoms with Crippen LogP contribution < -0.4 is 4.74 Å². The first kappa shape index (κ1) is 15.3. The van der Waals surface area contributed by atoms with Crippen LogP contribution in [0.25, 0.3) is 0 Å². The Balaban J connectivity index is 1.89. The Labute approximate surface area is 129 Å². The molecule has 2 saturated heterocycles. The van der Waals surface area contributed by atoms with Gasteiger partial charge in [-0.05, 0) is 43.9 Å². The number of amides is 1. The van der Waals surface area contributed by atoms with Gasteiger partial charge >= 0.3 is 0 Å². The summed E-state index contributed by atoms with van der Waals surface area (Å²) in [6.45, 7) is 2.16. The van der Waals surface area contributed by atoms with Gasteiger partial charge in [-0.25, -0.2) is 4.39 Å². The number of benzene rings is 1. The Kier molecular flexibility index (Phi) is 3.85. The second kappa shape index (κ2) is 5.54. The maximum absolute atomic E-state index is 13.9. The number of ether oxygens (including phenoxy) is 1. The zero-order chi connectivity index (χ0) is 15.9. The van der Waals surface area contributed by atoms with E-state index in [9.17, 15) is 14.3 Å². The van der Waals surface area contributed by atoms with Crippen LogP contribution >= 0.6 is 0 Å². The summed E-state index contributed by atoms with van der Waals surface area (Å²) in [5, 5.41) is 9.81. The normalized spacial score (nSPS) is 29.9. The topological polar surface area (TPSA) is 49.8 Å². The number of hydrogen-bond donors (Lipinski definition) is 1. The molecule has 1 N–H and O–H groups in total. The van der Waals surface area contributed by atoms with Crippen molar-refractivity contribution in [1.82, 2.24) is 4.90 Å². The fourth-order valence-electron chi connectivity index (χ4n) is 4.21. The van der Waals surface area contributed by atoms with Crippen LogP contribution in [0, 0.1) is 11.2 Å². The molecule has 0 aromatic heterocycles. The number of carbonyl (C=O) groups is 1. The van der Waals surface area contributed by atoms with Gasteiger partial charge in [0.1, 0.15) is 0 Å². The van der Waals surface area contributed by atoms with Crippen molar-refractivity contribution in [1.29, 1.82) is 0 Å². The quantitative estimate of drug-likeness (QED) is 0.930. The molecule has 2 aliphatic rings. The molecule has 1 aromatic carbocycles. The Morgan fingerprint density at radius 2 is 2.27 bits per heavy atom. The predicted molar refractivity (Wildman–Crippen MR) is 80.4 cm³/mol. The molecule has 0 spiro atoms. The average Bonchev–Trinajstić information content (AvgIpc) is 3.09. The lowest BCUT2D eigenvalue weighted by Crippen LogP contribution is -2.42. The molecular weight excluding hydrogens is 285 g/mol. The summed E-state index contributed by atoms with van der Waals surface area (Å²) < 4.78 is 18.8. The Bertz CT molecular complexity index is 585. The lowest BCUT2D eigenvalue weighted by Gasteiger charge is -2.34. The lowest BCUT2D eigenvalue weighted by molar-refractivity contribution is 0.0556. The first-order valence-corrected chi connectivity index (χ1v) is 7.83. The zero-order valence-corrected chi connectivity index (χ0v) is 13.0. The van der Waals surface area contributed by atoms with E-state index in [0.29, 0.717) is 5.56 Å². The van der Waals surface area contributed by atoms with Crippen molar-refractivity contribution < 1.29 is 19.0 Å². The largest absolute Gasteiger partial charge is 0.494 e. The summed E-state index contributed by atoms with van der Waals surface area (Å²) in [6, 6.07) is 4.56. The number of nitrogens with zero attached hydrogens (tertiary/aromatic N) is 1. The van der Waals surface area contributed by atoms with Crippen LogP contribution in [0.5, 0.6) is 5.75 Å². The van der Waals surface area contributed by atoms with Crippen LogP contribution in [-0.2, 0) is 0 Å². The number of aliphatic hydroxyl groups excluding tert-OH is 1. The van der Waals surface area contributed by atoms with E-state index >= 15 is 0 Å². The maximum atomic E-state index is 13.9. The van der Waals surface area contributed by atoms with Gasteiger partial charge in [-0.3, -0.25) is 4.79 Å². The van der Waals surface area contributed by atoms with E-state index in [-0.39, 0.29) is 35.8 Å². The highest BCUT2D eigenvalue weighted by Crippen LogP contribution is 2.51. The van der Waals surface area contributed by atoms with Crippen LogP contribution in [0.3, 0.4) is 0 Å². The maximum Gasteiger partial charge on any atom is 0.254 e. The SMILES string of the molecule is CC[C@]1(CO)C[C@H]2CC[C@@H]1N2C(=O)c1ccc(OC)c(F)c1. The number of methoxy groups -OCH3 is 1. The molecule has 2 bridgehead atoms. The minimum Gasteiger partial charge on any atom is -0.494 e. The van der Waals surface area contributed by atoms with Crippen LogP contribution in [0.2, 0.25) is 0 Å². The van der Waals surface area contributed by atoms with Crippen molar-refractivity contribution in [3.63, 3.8) is 0 Å². The number of fused-ring (bicyclic) bond motifs is 2. The summed E-state index contributed by atoms with van der Waals surface area (Å²) in [4.78, 5) is 14.7. The highest BCUT2D eigenvalue weighted by molar-refractivity contribution is 5.95. The molecule has 0 unspecified atom stereocenters. The van der Waals surface area contributed by atoms with Gasteiger partial charge in [0, 0.05) is 23.1 Å². The third kappa shape index (κ3) is 2.10. The Morgan fingerprint density at radius 1 is 1.50 bits per heavy atom. The Morgan fingerprint density at radius 3 is 2.82 bits per heavy atom. The molecule has 5 heteroatoms. The van der Waals surface area contributed by atoms with E-state index in [1.54, 1.807) is 6.07 Å². The van der Waals surface area contributed by atoms with Crippen molar-refractivity contribution in [2.75, 3.05) is 13.7 Å². The molecule has 120 valence electrons. The average molecular weight is 307 g/mol. The summed E-state index contributed by atoms with van der Waals surface area (Å²) in [7, 11) is 1.40. The van der Waals surface area contributed by atoms with Gasteiger partial charge in [0.25, 0.3) is 5.91 Å². The standard InChI is InChI=1S/C17H22FNO3/c1-3-17(10-20)9-12-5-7-15(17)19(12)16(21)11-4-6-14(22-2)13(18)8-11/h4,6,8,12,15,20H,3,5,7,9-10H2,1-2H3/t12-,15+,17-/m1/s1. The van der Waals surface area contributed by atoms with Crippen LogP contribution in [0.15, 0.2) is 18.2 Å². The van der Waals surface area contributed by atoms with Gasteiger partial charge in [0.05, 0.1) is 13.7 Å². The summed E-state index contributed by atoms with van der Waals surface area (Å²) in [5.41, 5.74) is 0.156. The highest BCUT2D eigenvalue weighted by Gasteiger charge is 2.56. The highest BCUT2D eigenvalue weighted by atomic mass is 19.1. The van der Waals surface area contributed by atoms with Crippen molar-refractivity contribution >= 4 is 5.91 Å².